The first-order chi connectivity index (χ1) is 9.66. The number of amides is 1. The average Bonchev–Trinajstić information content (AvgIpc) is 3.27. The van der Waals surface area contributed by atoms with E-state index in [2.05, 4.69) is 12.1 Å². The van der Waals surface area contributed by atoms with Gasteiger partial charge in [-0.05, 0) is 67.7 Å². The van der Waals surface area contributed by atoms with E-state index in [0.717, 1.165) is 31.2 Å². The number of aliphatic hydroxyl groups is 1. The van der Waals surface area contributed by atoms with E-state index in [-0.39, 0.29) is 5.91 Å². The average molecular weight is 271 g/mol. The molecule has 1 saturated heterocycles. The molecule has 1 aromatic carbocycles. The second-order valence-corrected chi connectivity index (χ2v) is 6.73. The maximum Gasteiger partial charge on any atom is 0.254 e. The van der Waals surface area contributed by atoms with Crippen LogP contribution in [0.1, 0.15) is 47.2 Å². The highest BCUT2D eigenvalue weighted by molar-refractivity contribution is 5.95. The van der Waals surface area contributed by atoms with Crippen LogP contribution in [0.5, 0.6) is 0 Å². The second-order valence-electron chi connectivity index (χ2n) is 6.73. The summed E-state index contributed by atoms with van der Waals surface area (Å²) in [5.74, 6) is 0.527. The summed E-state index contributed by atoms with van der Waals surface area (Å²) in [7, 11) is 0. The van der Waals surface area contributed by atoms with Crippen molar-refractivity contribution < 1.29 is 9.90 Å². The molecule has 1 amide bonds. The van der Waals surface area contributed by atoms with Gasteiger partial charge in [0.15, 0.2) is 0 Å². The molecule has 3 heteroatoms. The van der Waals surface area contributed by atoms with E-state index >= 15 is 0 Å². The van der Waals surface area contributed by atoms with E-state index in [1.165, 1.54) is 24.0 Å². The second kappa shape index (κ2) is 4.32. The van der Waals surface area contributed by atoms with Gasteiger partial charge in [-0.25, -0.2) is 0 Å². The summed E-state index contributed by atoms with van der Waals surface area (Å²) >= 11 is 0. The number of hydrogen-bond acceptors (Lipinski definition) is 2. The lowest BCUT2D eigenvalue weighted by Crippen LogP contribution is -2.64. The van der Waals surface area contributed by atoms with Crippen molar-refractivity contribution in [1.29, 1.82) is 0 Å². The first-order valence-corrected chi connectivity index (χ1v) is 7.79. The van der Waals surface area contributed by atoms with Gasteiger partial charge in [0.2, 0.25) is 0 Å². The van der Waals surface area contributed by atoms with E-state index in [4.69, 9.17) is 0 Å². The number of likely N-dealkylation sites (tertiary alicyclic amines) is 1. The van der Waals surface area contributed by atoms with Crippen molar-refractivity contribution in [1.82, 2.24) is 4.90 Å². The Bertz CT molecular complexity index is 556. The topological polar surface area (TPSA) is 40.5 Å². The number of carbonyl (C=O) groups is 1. The fraction of sp³-hybridized carbons (Fsp3) is 0.588. The molecule has 2 aliphatic carbocycles. The summed E-state index contributed by atoms with van der Waals surface area (Å²) in [6, 6.07) is 6.15. The molecule has 0 bridgehead atoms. The van der Waals surface area contributed by atoms with Crippen LogP contribution in [0.4, 0.5) is 0 Å². The molecule has 0 atom stereocenters. The Labute approximate surface area is 119 Å². The fourth-order valence-electron chi connectivity index (χ4n) is 3.69. The zero-order chi connectivity index (χ0) is 13.7. The lowest BCUT2D eigenvalue weighted by atomic mass is 9.87. The Morgan fingerprint density at radius 3 is 2.55 bits per heavy atom. The van der Waals surface area contributed by atoms with Gasteiger partial charge in [0.25, 0.3) is 5.91 Å². The quantitative estimate of drug-likeness (QED) is 0.895. The third kappa shape index (κ3) is 1.96. The van der Waals surface area contributed by atoms with Crippen molar-refractivity contribution in [3.05, 3.63) is 34.9 Å². The summed E-state index contributed by atoms with van der Waals surface area (Å²) in [6.07, 6.45) is 6.99. The summed E-state index contributed by atoms with van der Waals surface area (Å²) in [4.78, 5) is 14.3. The van der Waals surface area contributed by atoms with Crippen LogP contribution >= 0.6 is 0 Å². The van der Waals surface area contributed by atoms with Crippen LogP contribution in [-0.4, -0.2) is 34.6 Å². The van der Waals surface area contributed by atoms with Crippen LogP contribution in [0.15, 0.2) is 18.2 Å². The van der Waals surface area contributed by atoms with Crippen molar-refractivity contribution in [2.45, 2.75) is 44.1 Å². The normalized spacial score (nSPS) is 23.9. The maximum atomic E-state index is 12.5. The van der Waals surface area contributed by atoms with Crippen LogP contribution in [0.3, 0.4) is 0 Å². The van der Waals surface area contributed by atoms with Gasteiger partial charge in [0.1, 0.15) is 5.60 Å². The van der Waals surface area contributed by atoms with Crippen molar-refractivity contribution >= 4 is 5.91 Å². The fourth-order valence-corrected chi connectivity index (χ4v) is 3.69. The molecule has 0 aromatic heterocycles. The molecule has 1 heterocycles. The third-order valence-corrected chi connectivity index (χ3v) is 5.15. The minimum atomic E-state index is -0.579. The number of benzene rings is 1. The van der Waals surface area contributed by atoms with Crippen molar-refractivity contribution in [3.8, 4) is 0 Å². The molecule has 2 fully saturated rings. The van der Waals surface area contributed by atoms with E-state index in [1.54, 1.807) is 4.90 Å². The van der Waals surface area contributed by atoms with E-state index in [0.29, 0.717) is 19.0 Å². The molecule has 1 saturated carbocycles. The largest absolute Gasteiger partial charge is 0.386 e. The predicted molar refractivity (Wildman–Crippen MR) is 76.7 cm³/mol. The first-order valence-electron chi connectivity index (χ1n) is 7.79. The Kier molecular flexibility index (Phi) is 2.68. The van der Waals surface area contributed by atoms with E-state index in [1.807, 2.05) is 6.07 Å². The molecule has 106 valence electrons. The molecule has 1 aromatic rings. The van der Waals surface area contributed by atoms with E-state index < -0.39 is 5.60 Å². The molecule has 20 heavy (non-hydrogen) atoms. The summed E-state index contributed by atoms with van der Waals surface area (Å²) in [5, 5.41) is 10.3. The van der Waals surface area contributed by atoms with Gasteiger partial charge < -0.3 is 10.0 Å². The Morgan fingerprint density at radius 2 is 1.85 bits per heavy atom. The number of β-amino-alcohol motifs (C(OH)–C–C–N with tert-alkyl or cyclic N) is 1. The van der Waals surface area contributed by atoms with Gasteiger partial charge in [-0.1, -0.05) is 6.07 Å². The van der Waals surface area contributed by atoms with Gasteiger partial charge in [0.05, 0.1) is 13.1 Å². The van der Waals surface area contributed by atoms with Crippen molar-refractivity contribution in [2.24, 2.45) is 5.92 Å². The van der Waals surface area contributed by atoms with Gasteiger partial charge >= 0.3 is 0 Å². The zero-order valence-corrected chi connectivity index (χ0v) is 11.8. The number of nitrogens with zero attached hydrogens (tertiary/aromatic N) is 1. The van der Waals surface area contributed by atoms with Crippen LogP contribution in [0, 0.1) is 5.92 Å². The Balaban J connectivity index is 1.49. The molecule has 4 rings (SSSR count). The lowest BCUT2D eigenvalue weighted by molar-refractivity contribution is -0.0958. The molecule has 0 unspecified atom stereocenters. The molecule has 1 N–H and O–H groups in total. The number of carbonyl (C=O) groups excluding carboxylic acids is 1. The standard InChI is InChI=1S/C17H21NO2/c19-16(18-10-17(20,11-18)15-7-8-15)14-6-5-12-3-1-2-4-13(12)9-14/h5-6,9,15,20H,1-4,7-8,10-11H2. The van der Waals surface area contributed by atoms with E-state index in [9.17, 15) is 9.90 Å². The highest BCUT2D eigenvalue weighted by Gasteiger charge is 2.53. The van der Waals surface area contributed by atoms with Gasteiger partial charge in [0, 0.05) is 5.56 Å². The van der Waals surface area contributed by atoms with Crippen LogP contribution < -0.4 is 0 Å². The Hall–Kier alpha value is -1.35. The summed E-state index contributed by atoms with van der Waals surface area (Å²) < 4.78 is 0. The predicted octanol–water partition coefficient (Wildman–Crippen LogP) is 2.16. The third-order valence-electron chi connectivity index (χ3n) is 5.15. The maximum absolute atomic E-state index is 12.5. The van der Waals surface area contributed by atoms with Gasteiger partial charge in [-0.3, -0.25) is 4.79 Å². The van der Waals surface area contributed by atoms with Crippen molar-refractivity contribution in [2.75, 3.05) is 13.1 Å². The van der Waals surface area contributed by atoms with Gasteiger partial charge in [-0.15, -0.1) is 0 Å². The van der Waals surface area contributed by atoms with Crippen LogP contribution in [0.25, 0.3) is 0 Å². The SMILES string of the molecule is O=C(c1ccc2c(c1)CCCC2)N1CC(O)(C2CC2)C1. The number of aryl methyl sites for hydroxylation is 2. The number of hydrogen-bond donors (Lipinski definition) is 1. The number of fused-ring (bicyclic) bond motifs is 1. The summed E-state index contributed by atoms with van der Waals surface area (Å²) in [5.41, 5.74) is 2.97. The Morgan fingerprint density at radius 1 is 1.15 bits per heavy atom. The number of rotatable bonds is 2. The monoisotopic (exact) mass is 271 g/mol. The lowest BCUT2D eigenvalue weighted by Gasteiger charge is -2.47. The molecular weight excluding hydrogens is 250 g/mol. The van der Waals surface area contributed by atoms with Crippen molar-refractivity contribution in [3.63, 3.8) is 0 Å². The summed E-state index contributed by atoms with van der Waals surface area (Å²) in [6.45, 7) is 1.04. The zero-order valence-electron chi connectivity index (χ0n) is 11.8. The highest BCUT2D eigenvalue weighted by atomic mass is 16.3. The molecule has 3 nitrogen and oxygen atoms in total. The van der Waals surface area contributed by atoms with Gasteiger partial charge in [-0.2, -0.15) is 0 Å². The molecule has 0 spiro atoms. The molecule has 1 aliphatic heterocycles. The molecular formula is C17H21NO2. The van der Waals surface area contributed by atoms with Crippen LogP contribution in [-0.2, 0) is 12.8 Å². The first kappa shape index (κ1) is 12.4. The molecule has 3 aliphatic rings. The minimum absolute atomic E-state index is 0.0868. The highest BCUT2D eigenvalue weighted by Crippen LogP contribution is 2.44. The van der Waals surface area contributed by atoms with Crippen LogP contribution in [0.2, 0.25) is 0 Å². The molecule has 0 radical (unpaired) electrons. The smallest absolute Gasteiger partial charge is 0.254 e. The minimum Gasteiger partial charge on any atom is -0.386 e.